The smallest absolute Gasteiger partial charge is 0.292 e. The third-order valence-corrected chi connectivity index (χ3v) is 4.99. The quantitative estimate of drug-likeness (QED) is 0.304. The minimum atomic E-state index is -0.459. The van der Waals surface area contributed by atoms with Gasteiger partial charge in [-0.1, -0.05) is 12.1 Å². The third-order valence-electron chi connectivity index (χ3n) is 4.99. The molecule has 0 radical (unpaired) electrons. The Morgan fingerprint density at radius 2 is 2.03 bits per heavy atom. The van der Waals surface area contributed by atoms with E-state index in [0.29, 0.717) is 62.3 Å². The van der Waals surface area contributed by atoms with Crippen molar-refractivity contribution in [2.45, 2.75) is 19.8 Å². The van der Waals surface area contributed by atoms with Crippen molar-refractivity contribution in [1.29, 1.82) is 0 Å². The first kappa shape index (κ1) is 22.2. The molecular weight excluding hydrogens is 404 g/mol. The summed E-state index contributed by atoms with van der Waals surface area (Å²) in [6.45, 7) is 4.94. The number of H-pyrrole nitrogens is 1. The number of aromatic nitrogens is 2. The fourth-order valence-electron chi connectivity index (χ4n) is 3.32. The van der Waals surface area contributed by atoms with Gasteiger partial charge >= 0.3 is 0 Å². The Kier molecular flexibility index (Phi) is 7.55. The number of nitrogens with one attached hydrogen (secondary N) is 3. The van der Waals surface area contributed by atoms with Crippen LogP contribution in [0.4, 0.5) is 17.3 Å². The number of ether oxygens (including phenoxy) is 1. The molecule has 1 amide bonds. The average molecular weight is 430 g/mol. The monoisotopic (exact) mass is 430 g/mol. The van der Waals surface area contributed by atoms with Crippen molar-refractivity contribution in [2.75, 3.05) is 49.6 Å². The molecular formula is C20H26N6O5. The van der Waals surface area contributed by atoms with E-state index in [0.717, 1.165) is 0 Å². The Morgan fingerprint density at radius 1 is 1.29 bits per heavy atom. The third kappa shape index (κ3) is 6.01. The van der Waals surface area contributed by atoms with Gasteiger partial charge in [-0.3, -0.25) is 24.7 Å². The summed E-state index contributed by atoms with van der Waals surface area (Å²) in [6.07, 6.45) is 0.426. The number of nitro benzene ring substituents is 1. The van der Waals surface area contributed by atoms with Gasteiger partial charge in [0.2, 0.25) is 11.9 Å². The Hall–Kier alpha value is -3.47. The number of carbonyl (C=O) groups excluding carboxylic acids is 1. The number of aromatic amines is 1. The molecule has 0 atom stereocenters. The number of hydrogen-bond acceptors (Lipinski definition) is 8. The van der Waals surface area contributed by atoms with Gasteiger partial charge in [0.1, 0.15) is 5.69 Å². The summed E-state index contributed by atoms with van der Waals surface area (Å²) in [5.41, 5.74) is 1.24. The van der Waals surface area contributed by atoms with E-state index >= 15 is 0 Å². The van der Waals surface area contributed by atoms with Gasteiger partial charge in [-0.2, -0.15) is 0 Å². The summed E-state index contributed by atoms with van der Waals surface area (Å²) in [6, 6.07) is 6.32. The standard InChI is InChI=1S/C20H26N6O5/c1-14-15(19(28)24-20(23-14)25-10-12-31-13-11-25)6-7-18(27)22-9-8-21-16-4-2-3-5-17(16)26(29)30/h2-5,21H,6-13H2,1H3,(H,22,27)(H,23,24,28). The van der Waals surface area contributed by atoms with Crippen molar-refractivity contribution < 1.29 is 14.5 Å². The molecule has 0 saturated carbocycles. The average Bonchev–Trinajstić information content (AvgIpc) is 2.77. The Morgan fingerprint density at radius 3 is 2.74 bits per heavy atom. The van der Waals surface area contributed by atoms with Crippen LogP contribution < -0.4 is 21.1 Å². The second-order valence-corrected chi connectivity index (χ2v) is 7.10. The molecule has 1 fully saturated rings. The second-order valence-electron chi connectivity index (χ2n) is 7.10. The summed E-state index contributed by atoms with van der Waals surface area (Å²) in [5.74, 6) is 0.320. The van der Waals surface area contributed by atoms with Crippen LogP contribution in [0, 0.1) is 17.0 Å². The van der Waals surface area contributed by atoms with Crippen molar-refractivity contribution in [2.24, 2.45) is 0 Å². The van der Waals surface area contributed by atoms with Gasteiger partial charge in [-0.15, -0.1) is 0 Å². The van der Waals surface area contributed by atoms with E-state index in [1.807, 2.05) is 4.90 Å². The molecule has 0 bridgehead atoms. The molecule has 0 spiro atoms. The van der Waals surface area contributed by atoms with E-state index in [2.05, 4.69) is 20.6 Å². The summed E-state index contributed by atoms with van der Waals surface area (Å²) in [5, 5.41) is 16.7. The molecule has 2 heterocycles. The molecule has 1 saturated heterocycles. The number of aryl methyl sites for hydroxylation is 1. The number of nitro groups is 1. The Balaban J connectivity index is 1.46. The lowest BCUT2D eigenvalue weighted by atomic mass is 10.1. The number of morpholine rings is 1. The zero-order valence-corrected chi connectivity index (χ0v) is 17.3. The lowest BCUT2D eigenvalue weighted by Gasteiger charge is -2.27. The van der Waals surface area contributed by atoms with Crippen LogP contribution in [0.2, 0.25) is 0 Å². The van der Waals surface area contributed by atoms with Crippen LogP contribution in [-0.2, 0) is 16.0 Å². The van der Waals surface area contributed by atoms with Crippen LogP contribution in [-0.4, -0.2) is 60.2 Å². The highest BCUT2D eigenvalue weighted by Gasteiger charge is 2.17. The van der Waals surface area contributed by atoms with Crippen molar-refractivity contribution in [3.05, 3.63) is 56.0 Å². The van der Waals surface area contributed by atoms with Gasteiger partial charge in [0.05, 0.1) is 18.1 Å². The van der Waals surface area contributed by atoms with E-state index in [4.69, 9.17) is 4.74 Å². The van der Waals surface area contributed by atoms with Crippen molar-refractivity contribution >= 4 is 23.2 Å². The Labute approximate surface area is 179 Å². The zero-order valence-electron chi connectivity index (χ0n) is 17.3. The lowest BCUT2D eigenvalue weighted by Crippen LogP contribution is -2.38. The number of nitrogens with zero attached hydrogens (tertiary/aromatic N) is 3. The predicted molar refractivity (Wildman–Crippen MR) is 116 cm³/mol. The zero-order chi connectivity index (χ0) is 22.2. The number of benzene rings is 1. The van der Waals surface area contributed by atoms with Crippen LogP contribution in [0.5, 0.6) is 0 Å². The summed E-state index contributed by atoms with van der Waals surface area (Å²) >= 11 is 0. The summed E-state index contributed by atoms with van der Waals surface area (Å²) in [4.78, 5) is 44.4. The fraction of sp³-hybridized carbons (Fsp3) is 0.450. The molecule has 31 heavy (non-hydrogen) atoms. The van der Waals surface area contributed by atoms with Crippen LogP contribution in [0.15, 0.2) is 29.1 Å². The molecule has 2 aromatic rings. The van der Waals surface area contributed by atoms with E-state index in [9.17, 15) is 19.7 Å². The highest BCUT2D eigenvalue weighted by molar-refractivity contribution is 5.76. The van der Waals surface area contributed by atoms with Crippen LogP contribution in [0.25, 0.3) is 0 Å². The fourth-order valence-corrected chi connectivity index (χ4v) is 3.32. The van der Waals surface area contributed by atoms with Gasteiger partial charge in [0.15, 0.2) is 0 Å². The number of hydrogen-bond donors (Lipinski definition) is 3. The lowest BCUT2D eigenvalue weighted by molar-refractivity contribution is -0.384. The SMILES string of the molecule is Cc1nc(N2CCOCC2)[nH]c(=O)c1CCC(=O)NCCNc1ccccc1[N+](=O)[O-]. The molecule has 1 aliphatic heterocycles. The number of carbonyl (C=O) groups is 1. The first-order valence-electron chi connectivity index (χ1n) is 10.1. The van der Waals surface area contributed by atoms with Gasteiger partial charge in [0, 0.05) is 49.9 Å². The maximum atomic E-state index is 12.5. The van der Waals surface area contributed by atoms with Gasteiger partial charge in [-0.05, 0) is 19.4 Å². The molecule has 1 aliphatic rings. The first-order chi connectivity index (χ1) is 15.0. The van der Waals surface area contributed by atoms with Crippen molar-refractivity contribution in [1.82, 2.24) is 15.3 Å². The molecule has 11 heteroatoms. The minimum absolute atomic E-state index is 0.0171. The number of rotatable bonds is 9. The minimum Gasteiger partial charge on any atom is -0.378 e. The van der Waals surface area contributed by atoms with E-state index in [1.54, 1.807) is 25.1 Å². The van der Waals surface area contributed by atoms with Crippen LogP contribution in [0.3, 0.4) is 0 Å². The van der Waals surface area contributed by atoms with Gasteiger partial charge in [0.25, 0.3) is 11.2 Å². The molecule has 166 valence electrons. The van der Waals surface area contributed by atoms with Gasteiger partial charge in [-0.25, -0.2) is 4.98 Å². The van der Waals surface area contributed by atoms with Crippen LogP contribution >= 0.6 is 0 Å². The number of amides is 1. The molecule has 1 aromatic heterocycles. The van der Waals surface area contributed by atoms with Crippen molar-refractivity contribution in [3.8, 4) is 0 Å². The first-order valence-corrected chi connectivity index (χ1v) is 10.1. The van der Waals surface area contributed by atoms with Gasteiger partial charge < -0.3 is 20.3 Å². The van der Waals surface area contributed by atoms with E-state index < -0.39 is 4.92 Å². The molecule has 1 aromatic carbocycles. The van der Waals surface area contributed by atoms with E-state index in [-0.39, 0.29) is 30.0 Å². The number of para-hydroxylation sites is 2. The summed E-state index contributed by atoms with van der Waals surface area (Å²) < 4.78 is 5.31. The maximum absolute atomic E-state index is 12.5. The topological polar surface area (TPSA) is 142 Å². The molecule has 11 nitrogen and oxygen atoms in total. The van der Waals surface area contributed by atoms with Crippen LogP contribution in [0.1, 0.15) is 17.7 Å². The predicted octanol–water partition coefficient (Wildman–Crippen LogP) is 0.984. The maximum Gasteiger partial charge on any atom is 0.292 e. The highest BCUT2D eigenvalue weighted by Crippen LogP contribution is 2.22. The molecule has 0 unspecified atom stereocenters. The Bertz CT molecular complexity index is 986. The van der Waals surface area contributed by atoms with Crippen molar-refractivity contribution in [3.63, 3.8) is 0 Å². The largest absolute Gasteiger partial charge is 0.378 e. The second kappa shape index (κ2) is 10.5. The number of anilines is 2. The molecule has 3 rings (SSSR count). The highest BCUT2D eigenvalue weighted by atomic mass is 16.6. The van der Waals surface area contributed by atoms with E-state index in [1.165, 1.54) is 6.07 Å². The molecule has 3 N–H and O–H groups in total. The normalized spacial score (nSPS) is 13.6. The molecule has 0 aliphatic carbocycles. The summed E-state index contributed by atoms with van der Waals surface area (Å²) in [7, 11) is 0.